The Morgan fingerprint density at radius 2 is 1.79 bits per heavy atom. The van der Waals surface area contributed by atoms with Gasteiger partial charge in [-0.2, -0.15) is 8.78 Å². The molecule has 0 amide bonds. The van der Waals surface area contributed by atoms with Crippen LogP contribution in [-0.2, 0) is 28.6 Å². The predicted octanol–water partition coefficient (Wildman–Crippen LogP) is 1.87. The summed E-state index contributed by atoms with van der Waals surface area (Å²) in [6.07, 6.45) is 4.51. The van der Waals surface area contributed by atoms with Crippen LogP contribution in [0.4, 0.5) is 8.78 Å². The highest BCUT2D eigenvalue weighted by atomic mass is 19.3. The smallest absolute Gasteiger partial charge is 0.380 e. The summed E-state index contributed by atoms with van der Waals surface area (Å²) in [7, 11) is 0. The van der Waals surface area contributed by atoms with Gasteiger partial charge in [-0.05, 0) is 31.1 Å². The average molecular weight is 346 g/mol. The number of ether oxygens (including phenoxy) is 3. The quantitative estimate of drug-likeness (QED) is 0.289. The first-order valence-corrected chi connectivity index (χ1v) is 7.84. The Kier molecular flexibility index (Phi) is 5.90. The third-order valence-corrected chi connectivity index (χ3v) is 4.46. The number of carbonyl (C=O) groups excluding carboxylic acids is 3. The van der Waals surface area contributed by atoms with Crippen molar-refractivity contribution in [3.05, 3.63) is 12.7 Å². The first kappa shape index (κ1) is 18.4. The van der Waals surface area contributed by atoms with Crippen molar-refractivity contribution >= 4 is 17.9 Å². The topological polar surface area (TPSA) is 78.9 Å². The van der Waals surface area contributed by atoms with Crippen LogP contribution in [0.2, 0.25) is 0 Å². The molecular formula is C16H20F2O6. The molecule has 2 fully saturated rings. The molecular weight excluding hydrogens is 326 g/mol. The fourth-order valence-corrected chi connectivity index (χ4v) is 3.30. The number of hydrogen-bond acceptors (Lipinski definition) is 6. The van der Waals surface area contributed by atoms with Gasteiger partial charge in [-0.25, -0.2) is 9.59 Å². The van der Waals surface area contributed by atoms with E-state index in [4.69, 9.17) is 0 Å². The Hall–Kier alpha value is -1.99. The van der Waals surface area contributed by atoms with Crippen molar-refractivity contribution in [3.63, 3.8) is 0 Å². The highest BCUT2D eigenvalue weighted by Gasteiger charge is 2.46. The van der Waals surface area contributed by atoms with Gasteiger partial charge in [0.05, 0.1) is 5.92 Å². The maximum atomic E-state index is 13.6. The van der Waals surface area contributed by atoms with Gasteiger partial charge in [-0.1, -0.05) is 13.0 Å². The molecule has 8 heteroatoms. The minimum atomic E-state index is -3.93. The van der Waals surface area contributed by atoms with Crippen LogP contribution in [0.3, 0.4) is 0 Å². The maximum absolute atomic E-state index is 13.6. The third-order valence-electron chi connectivity index (χ3n) is 4.46. The highest BCUT2D eigenvalue weighted by Crippen LogP contribution is 2.48. The molecule has 134 valence electrons. The van der Waals surface area contributed by atoms with Gasteiger partial charge < -0.3 is 14.2 Å². The molecule has 6 nitrogen and oxygen atoms in total. The molecule has 0 saturated heterocycles. The molecule has 2 saturated carbocycles. The molecule has 0 radical (unpaired) electrons. The highest BCUT2D eigenvalue weighted by molar-refractivity contribution is 5.81. The lowest BCUT2D eigenvalue weighted by Crippen LogP contribution is -2.38. The summed E-state index contributed by atoms with van der Waals surface area (Å²) in [5.41, 5.74) is 0. The standard InChI is InChI=1S/C16H20F2O6/c1-2-13(19)22-5-6-23-15(21)16(17,18)9-24-14(20)12-8-10-3-4-11(12)7-10/h2,10-12H,1,3-9H2. The number of carbonyl (C=O) groups is 3. The van der Waals surface area contributed by atoms with Gasteiger partial charge in [0.1, 0.15) is 13.2 Å². The lowest BCUT2D eigenvalue weighted by Gasteiger charge is -2.21. The van der Waals surface area contributed by atoms with Crippen molar-refractivity contribution in [2.24, 2.45) is 17.8 Å². The minimum absolute atomic E-state index is 0.211. The van der Waals surface area contributed by atoms with Crippen LogP contribution in [0.15, 0.2) is 12.7 Å². The van der Waals surface area contributed by atoms with Crippen molar-refractivity contribution in [1.82, 2.24) is 0 Å². The summed E-state index contributed by atoms with van der Waals surface area (Å²) >= 11 is 0. The van der Waals surface area contributed by atoms with E-state index in [0.717, 1.165) is 25.3 Å². The first-order chi connectivity index (χ1) is 11.3. The molecule has 0 aromatic heterocycles. The lowest BCUT2D eigenvalue weighted by molar-refractivity contribution is -0.186. The zero-order chi connectivity index (χ0) is 17.7. The zero-order valence-corrected chi connectivity index (χ0v) is 13.2. The monoisotopic (exact) mass is 346 g/mol. The Morgan fingerprint density at radius 1 is 1.08 bits per heavy atom. The van der Waals surface area contributed by atoms with Crippen LogP contribution in [0.1, 0.15) is 25.7 Å². The summed E-state index contributed by atoms with van der Waals surface area (Å²) < 4.78 is 40.7. The summed E-state index contributed by atoms with van der Waals surface area (Å²) in [5.74, 6) is -6.83. The van der Waals surface area contributed by atoms with E-state index in [1.807, 2.05) is 0 Å². The number of hydrogen-bond donors (Lipinski definition) is 0. The Bertz CT molecular complexity index is 519. The molecule has 0 aromatic carbocycles. The second-order valence-electron chi connectivity index (χ2n) is 6.10. The number of fused-ring (bicyclic) bond motifs is 2. The first-order valence-electron chi connectivity index (χ1n) is 7.84. The van der Waals surface area contributed by atoms with Crippen molar-refractivity contribution < 1.29 is 37.4 Å². The predicted molar refractivity (Wildman–Crippen MR) is 77.0 cm³/mol. The summed E-state index contributed by atoms with van der Waals surface area (Å²) in [4.78, 5) is 33.9. The minimum Gasteiger partial charge on any atom is -0.459 e. The molecule has 2 rings (SSSR count). The fourth-order valence-electron chi connectivity index (χ4n) is 3.30. The lowest BCUT2D eigenvalue weighted by atomic mass is 9.89. The SMILES string of the molecule is C=CC(=O)OCCOC(=O)C(F)(F)COC(=O)C1CC2CCC1C2. The second-order valence-corrected chi connectivity index (χ2v) is 6.10. The van der Waals surface area contributed by atoms with Crippen molar-refractivity contribution in [1.29, 1.82) is 0 Å². The van der Waals surface area contributed by atoms with Crippen LogP contribution in [0, 0.1) is 17.8 Å². The van der Waals surface area contributed by atoms with Crippen LogP contribution in [0.5, 0.6) is 0 Å². The van der Waals surface area contributed by atoms with E-state index in [1.54, 1.807) is 0 Å². The Morgan fingerprint density at radius 3 is 2.38 bits per heavy atom. The molecule has 2 bridgehead atoms. The van der Waals surface area contributed by atoms with Crippen molar-refractivity contribution in [2.45, 2.75) is 31.6 Å². The van der Waals surface area contributed by atoms with E-state index in [-0.39, 0.29) is 18.4 Å². The Labute approximate surface area is 138 Å². The van der Waals surface area contributed by atoms with Gasteiger partial charge in [-0.3, -0.25) is 4.79 Å². The van der Waals surface area contributed by atoms with E-state index in [9.17, 15) is 23.2 Å². The number of halogens is 2. The molecule has 2 aliphatic carbocycles. The fraction of sp³-hybridized carbons (Fsp3) is 0.688. The van der Waals surface area contributed by atoms with Gasteiger partial charge in [-0.15, -0.1) is 0 Å². The zero-order valence-electron chi connectivity index (χ0n) is 13.2. The van der Waals surface area contributed by atoms with Crippen molar-refractivity contribution in [2.75, 3.05) is 19.8 Å². The normalized spacial score (nSPS) is 25.2. The summed E-state index contributed by atoms with van der Waals surface area (Å²) in [6, 6.07) is 0. The summed E-state index contributed by atoms with van der Waals surface area (Å²) in [5, 5.41) is 0. The Balaban J connectivity index is 1.69. The van der Waals surface area contributed by atoms with Gasteiger partial charge in [0.2, 0.25) is 0 Å². The van der Waals surface area contributed by atoms with E-state index in [2.05, 4.69) is 20.8 Å². The number of rotatable bonds is 8. The van der Waals surface area contributed by atoms with Crippen LogP contribution < -0.4 is 0 Å². The molecule has 2 aliphatic rings. The largest absolute Gasteiger partial charge is 0.459 e. The second kappa shape index (κ2) is 7.72. The van der Waals surface area contributed by atoms with Gasteiger partial charge in [0.25, 0.3) is 0 Å². The van der Waals surface area contributed by atoms with Gasteiger partial charge in [0, 0.05) is 6.08 Å². The molecule has 0 spiro atoms. The van der Waals surface area contributed by atoms with E-state index in [0.29, 0.717) is 12.3 Å². The van der Waals surface area contributed by atoms with E-state index >= 15 is 0 Å². The molecule has 0 aliphatic heterocycles. The molecule has 0 heterocycles. The molecule has 3 atom stereocenters. The van der Waals surface area contributed by atoms with Crippen LogP contribution >= 0.6 is 0 Å². The number of esters is 3. The van der Waals surface area contributed by atoms with Crippen molar-refractivity contribution in [3.8, 4) is 0 Å². The van der Waals surface area contributed by atoms with Crippen LogP contribution in [-0.4, -0.2) is 43.7 Å². The van der Waals surface area contributed by atoms with E-state index in [1.165, 1.54) is 0 Å². The maximum Gasteiger partial charge on any atom is 0.380 e. The number of alkyl halides is 2. The average Bonchev–Trinajstić information content (AvgIpc) is 3.19. The van der Waals surface area contributed by atoms with Gasteiger partial charge in [0.15, 0.2) is 6.61 Å². The summed E-state index contributed by atoms with van der Waals surface area (Å²) in [6.45, 7) is 0.925. The van der Waals surface area contributed by atoms with Gasteiger partial charge >= 0.3 is 23.8 Å². The third kappa shape index (κ3) is 4.52. The molecule has 0 aromatic rings. The van der Waals surface area contributed by atoms with Crippen LogP contribution in [0.25, 0.3) is 0 Å². The molecule has 24 heavy (non-hydrogen) atoms. The van der Waals surface area contributed by atoms with E-state index < -0.39 is 37.0 Å². The molecule has 0 N–H and O–H groups in total. The molecule has 3 unspecified atom stereocenters.